The Bertz CT molecular complexity index is 365. The Labute approximate surface area is 129 Å². The van der Waals surface area contributed by atoms with E-state index in [9.17, 15) is 4.79 Å². The highest BCUT2D eigenvalue weighted by Gasteiger charge is 2.37. The van der Waals surface area contributed by atoms with Crippen LogP contribution in [0, 0.1) is 11.3 Å². The second-order valence-corrected chi connectivity index (χ2v) is 8.35. The van der Waals surface area contributed by atoms with Crippen LogP contribution in [0.5, 0.6) is 0 Å². The van der Waals surface area contributed by atoms with Crippen molar-refractivity contribution in [1.82, 2.24) is 10.2 Å². The molecule has 4 nitrogen and oxygen atoms in total. The summed E-state index contributed by atoms with van der Waals surface area (Å²) in [6.07, 6.45) is 5.72. The highest BCUT2D eigenvalue weighted by Crippen LogP contribution is 2.34. The van der Waals surface area contributed by atoms with Gasteiger partial charge in [-0.15, -0.1) is 0 Å². The number of hydrogen-bond donors (Lipinski definition) is 2. The van der Waals surface area contributed by atoms with E-state index in [2.05, 4.69) is 31.0 Å². The predicted octanol–water partition coefficient (Wildman–Crippen LogP) is 2.13. The van der Waals surface area contributed by atoms with Gasteiger partial charge < -0.3 is 16.0 Å². The maximum Gasteiger partial charge on any atom is 0.237 e. The number of nitrogens with one attached hydrogen (secondary N) is 1. The molecule has 0 aromatic heterocycles. The molecule has 1 unspecified atom stereocenters. The fraction of sp³-hybridized carbons (Fsp3) is 0.941. The lowest BCUT2D eigenvalue weighted by atomic mass is 9.75. The number of likely N-dealkylation sites (tertiary alicyclic amines) is 1. The largest absolute Gasteiger partial charge is 0.368 e. The molecule has 4 heteroatoms. The number of carbonyl (C=O) groups is 1. The van der Waals surface area contributed by atoms with Gasteiger partial charge in [-0.25, -0.2) is 0 Å². The molecule has 2 fully saturated rings. The molecule has 1 saturated heterocycles. The summed E-state index contributed by atoms with van der Waals surface area (Å²) in [4.78, 5) is 14.3. The number of carbonyl (C=O) groups excluding carboxylic acids is 1. The summed E-state index contributed by atoms with van der Waals surface area (Å²) in [6, 6.07) is 0.508. The molecule has 2 aliphatic rings. The normalized spacial score (nSPS) is 24.8. The first-order chi connectivity index (χ1) is 9.71. The molecule has 1 amide bonds. The van der Waals surface area contributed by atoms with E-state index in [0.29, 0.717) is 11.5 Å². The van der Waals surface area contributed by atoms with Crippen LogP contribution in [0.4, 0.5) is 0 Å². The minimum absolute atomic E-state index is 0.209. The van der Waals surface area contributed by atoms with E-state index < -0.39 is 5.54 Å². The van der Waals surface area contributed by atoms with Gasteiger partial charge >= 0.3 is 0 Å². The minimum atomic E-state index is -0.540. The number of rotatable bonds is 6. The van der Waals surface area contributed by atoms with E-state index in [0.717, 1.165) is 32.0 Å². The van der Waals surface area contributed by atoms with Crippen molar-refractivity contribution in [3.8, 4) is 0 Å². The lowest BCUT2D eigenvalue weighted by Gasteiger charge is -2.40. The summed E-state index contributed by atoms with van der Waals surface area (Å²) in [5.74, 6) is 0.611. The Morgan fingerprint density at radius 2 is 1.71 bits per heavy atom. The van der Waals surface area contributed by atoms with Crippen LogP contribution in [-0.4, -0.2) is 42.0 Å². The van der Waals surface area contributed by atoms with Gasteiger partial charge in [0.25, 0.3) is 0 Å². The molecule has 0 radical (unpaired) electrons. The van der Waals surface area contributed by atoms with Crippen LogP contribution in [0.25, 0.3) is 0 Å². The number of nitrogens with two attached hydrogens (primary N) is 1. The van der Waals surface area contributed by atoms with E-state index in [1.807, 2.05) is 6.92 Å². The average molecular weight is 295 g/mol. The summed E-state index contributed by atoms with van der Waals surface area (Å²) in [5, 5.41) is 3.44. The first-order valence-corrected chi connectivity index (χ1v) is 8.51. The fourth-order valence-electron chi connectivity index (χ4n) is 3.35. The maximum absolute atomic E-state index is 11.8. The van der Waals surface area contributed by atoms with Crippen molar-refractivity contribution in [3.05, 3.63) is 0 Å². The van der Waals surface area contributed by atoms with Crippen molar-refractivity contribution in [2.45, 2.75) is 71.4 Å². The molecule has 1 aliphatic carbocycles. The minimum Gasteiger partial charge on any atom is -0.368 e. The molecule has 0 aromatic carbocycles. The van der Waals surface area contributed by atoms with Gasteiger partial charge in [-0.2, -0.15) is 0 Å². The lowest BCUT2D eigenvalue weighted by Crippen LogP contribution is -2.55. The molecule has 122 valence electrons. The third-order valence-electron chi connectivity index (χ3n) is 5.38. The van der Waals surface area contributed by atoms with E-state index >= 15 is 0 Å². The molecule has 0 aromatic rings. The first kappa shape index (κ1) is 16.8. The van der Waals surface area contributed by atoms with Gasteiger partial charge in [0.05, 0.1) is 5.54 Å². The zero-order chi connectivity index (χ0) is 15.7. The smallest absolute Gasteiger partial charge is 0.237 e. The van der Waals surface area contributed by atoms with Crippen LogP contribution in [0.2, 0.25) is 0 Å². The topological polar surface area (TPSA) is 58.4 Å². The van der Waals surface area contributed by atoms with Gasteiger partial charge in [0.15, 0.2) is 0 Å². The number of hydrogen-bond acceptors (Lipinski definition) is 3. The zero-order valence-electron chi connectivity index (χ0n) is 14.2. The number of piperidine rings is 1. The quantitative estimate of drug-likeness (QED) is 0.789. The molecule has 0 bridgehead atoms. The van der Waals surface area contributed by atoms with Crippen LogP contribution in [0.3, 0.4) is 0 Å². The molecular formula is C17H33N3O. The van der Waals surface area contributed by atoms with E-state index in [1.54, 1.807) is 0 Å². The van der Waals surface area contributed by atoms with E-state index in [-0.39, 0.29) is 5.91 Å². The van der Waals surface area contributed by atoms with Crippen LogP contribution < -0.4 is 11.1 Å². The van der Waals surface area contributed by atoms with Gasteiger partial charge in [-0.3, -0.25) is 4.79 Å². The van der Waals surface area contributed by atoms with Gasteiger partial charge in [-0.05, 0) is 63.5 Å². The summed E-state index contributed by atoms with van der Waals surface area (Å²) in [6.45, 7) is 12.3. The lowest BCUT2D eigenvalue weighted by molar-refractivity contribution is -0.124. The molecule has 21 heavy (non-hydrogen) atoms. The van der Waals surface area contributed by atoms with Crippen molar-refractivity contribution in [1.29, 1.82) is 0 Å². The Morgan fingerprint density at radius 3 is 2.14 bits per heavy atom. The molecule has 1 saturated carbocycles. The molecule has 3 N–H and O–H groups in total. The molecule has 1 heterocycles. The Kier molecular flexibility index (Phi) is 4.99. The van der Waals surface area contributed by atoms with Crippen molar-refractivity contribution in [3.63, 3.8) is 0 Å². The van der Waals surface area contributed by atoms with Crippen molar-refractivity contribution in [2.75, 3.05) is 19.6 Å². The van der Waals surface area contributed by atoms with Crippen LogP contribution >= 0.6 is 0 Å². The van der Waals surface area contributed by atoms with Crippen LogP contribution in [0.1, 0.15) is 59.8 Å². The second kappa shape index (κ2) is 6.25. The molecule has 1 aliphatic heterocycles. The molecule has 0 spiro atoms. The third kappa shape index (κ3) is 4.68. The molecular weight excluding hydrogens is 262 g/mol. The van der Waals surface area contributed by atoms with Crippen LogP contribution in [0.15, 0.2) is 0 Å². The highest BCUT2D eigenvalue weighted by atomic mass is 16.1. The summed E-state index contributed by atoms with van der Waals surface area (Å²) in [7, 11) is 0. The highest BCUT2D eigenvalue weighted by molar-refractivity contribution is 5.84. The third-order valence-corrected chi connectivity index (χ3v) is 5.38. The maximum atomic E-state index is 11.8. The Hall–Kier alpha value is -0.610. The Morgan fingerprint density at radius 1 is 1.14 bits per heavy atom. The van der Waals surface area contributed by atoms with Gasteiger partial charge in [0.2, 0.25) is 5.91 Å². The Balaban J connectivity index is 1.78. The molecule has 1 atom stereocenters. The number of primary amides is 1. The summed E-state index contributed by atoms with van der Waals surface area (Å²) in [5.41, 5.74) is 5.50. The SMILES string of the molecule is CC(CCN1CCC(C(C)(C)C)CC1)(NC1CC1)C(N)=O. The van der Waals surface area contributed by atoms with E-state index in [4.69, 9.17) is 5.73 Å². The molecule has 2 rings (SSSR count). The number of nitrogens with zero attached hydrogens (tertiary/aromatic N) is 1. The zero-order valence-corrected chi connectivity index (χ0v) is 14.2. The van der Waals surface area contributed by atoms with Crippen molar-refractivity contribution < 1.29 is 4.79 Å². The van der Waals surface area contributed by atoms with Crippen molar-refractivity contribution >= 4 is 5.91 Å². The average Bonchev–Trinajstić information content (AvgIpc) is 3.19. The standard InChI is InChI=1S/C17H33N3O/c1-16(2,3)13-7-10-20(11-8-13)12-9-17(4,15(18)21)19-14-5-6-14/h13-14,19H,5-12H2,1-4H3,(H2,18,21). The monoisotopic (exact) mass is 295 g/mol. The summed E-state index contributed by atoms with van der Waals surface area (Å²) >= 11 is 0. The first-order valence-electron chi connectivity index (χ1n) is 8.51. The number of amides is 1. The van der Waals surface area contributed by atoms with Crippen LogP contribution in [-0.2, 0) is 4.79 Å². The van der Waals surface area contributed by atoms with Gasteiger partial charge in [0, 0.05) is 12.6 Å². The van der Waals surface area contributed by atoms with Gasteiger partial charge in [-0.1, -0.05) is 20.8 Å². The van der Waals surface area contributed by atoms with Crippen molar-refractivity contribution in [2.24, 2.45) is 17.1 Å². The van der Waals surface area contributed by atoms with E-state index in [1.165, 1.54) is 25.7 Å². The second-order valence-electron chi connectivity index (χ2n) is 8.35. The summed E-state index contributed by atoms with van der Waals surface area (Å²) < 4.78 is 0. The van der Waals surface area contributed by atoms with Gasteiger partial charge in [0.1, 0.15) is 0 Å². The predicted molar refractivity (Wildman–Crippen MR) is 87.0 cm³/mol. The fourth-order valence-corrected chi connectivity index (χ4v) is 3.35.